The van der Waals surface area contributed by atoms with Crippen molar-refractivity contribution in [2.24, 2.45) is 4.99 Å². The average Bonchev–Trinajstić information content (AvgIpc) is 3.28. The van der Waals surface area contributed by atoms with Crippen molar-refractivity contribution in [3.63, 3.8) is 0 Å². The van der Waals surface area contributed by atoms with Crippen molar-refractivity contribution >= 4 is 46.7 Å². The number of aryl methyl sites for hydroxylation is 1. The van der Waals surface area contributed by atoms with Crippen LogP contribution in [0.1, 0.15) is 32.6 Å². The standard InChI is InChI=1S/C21H31N5O.HI/c1-2-22-21(24-13-7-16-26-14-5-10-20(26)27)23-12-6-15-25-17-11-18-8-3-4-9-19(18)25;/h3-4,8-9,11,17H,2,5-7,10,12-16H2,1H3,(H2,22,23,24);1H. The van der Waals surface area contributed by atoms with Crippen LogP contribution in [0.15, 0.2) is 41.5 Å². The van der Waals surface area contributed by atoms with E-state index in [1.54, 1.807) is 0 Å². The number of aliphatic imine (C=N–C) groups is 1. The van der Waals surface area contributed by atoms with Gasteiger partial charge in [0.25, 0.3) is 0 Å². The van der Waals surface area contributed by atoms with Gasteiger partial charge in [0.15, 0.2) is 5.96 Å². The molecule has 1 aromatic carbocycles. The molecule has 0 unspecified atom stereocenters. The molecule has 0 bridgehead atoms. The van der Waals surface area contributed by atoms with Crippen molar-refractivity contribution in [3.8, 4) is 0 Å². The summed E-state index contributed by atoms with van der Waals surface area (Å²) in [7, 11) is 0. The molecular weight excluding hydrogens is 465 g/mol. The second-order valence-corrected chi connectivity index (χ2v) is 6.95. The third-order valence-electron chi connectivity index (χ3n) is 4.92. The number of benzene rings is 1. The summed E-state index contributed by atoms with van der Waals surface area (Å²) in [5, 5.41) is 8.00. The molecule has 0 aliphatic carbocycles. The fourth-order valence-corrected chi connectivity index (χ4v) is 3.53. The van der Waals surface area contributed by atoms with Crippen LogP contribution in [0.2, 0.25) is 0 Å². The number of aromatic nitrogens is 1. The van der Waals surface area contributed by atoms with E-state index >= 15 is 0 Å². The van der Waals surface area contributed by atoms with Crippen LogP contribution in [0, 0.1) is 0 Å². The molecule has 1 aliphatic heterocycles. The van der Waals surface area contributed by atoms with E-state index in [1.807, 2.05) is 4.90 Å². The van der Waals surface area contributed by atoms with Crippen molar-refractivity contribution in [2.75, 3.05) is 32.7 Å². The summed E-state index contributed by atoms with van der Waals surface area (Å²) in [6.45, 7) is 7.25. The van der Waals surface area contributed by atoms with E-state index in [4.69, 9.17) is 0 Å². The van der Waals surface area contributed by atoms with Crippen LogP contribution in [0.25, 0.3) is 10.9 Å². The number of likely N-dealkylation sites (tertiary alicyclic amines) is 1. The lowest BCUT2D eigenvalue weighted by atomic mass is 10.2. The molecule has 1 aromatic heterocycles. The van der Waals surface area contributed by atoms with Gasteiger partial charge >= 0.3 is 0 Å². The van der Waals surface area contributed by atoms with Crippen LogP contribution in [-0.2, 0) is 11.3 Å². The Hall–Kier alpha value is -1.77. The number of amides is 1. The van der Waals surface area contributed by atoms with E-state index in [9.17, 15) is 4.79 Å². The quantitative estimate of drug-likeness (QED) is 0.242. The lowest BCUT2D eigenvalue weighted by molar-refractivity contribution is -0.127. The molecule has 2 aromatic rings. The van der Waals surface area contributed by atoms with Crippen LogP contribution in [0.4, 0.5) is 0 Å². The topological polar surface area (TPSA) is 61.7 Å². The zero-order valence-electron chi connectivity index (χ0n) is 16.7. The Bertz CT molecular complexity index is 773. The predicted molar refractivity (Wildman–Crippen MR) is 126 cm³/mol. The Balaban J connectivity index is 0.00000280. The smallest absolute Gasteiger partial charge is 0.222 e. The summed E-state index contributed by atoms with van der Waals surface area (Å²) in [6, 6.07) is 10.6. The fourth-order valence-electron chi connectivity index (χ4n) is 3.53. The highest BCUT2D eigenvalue weighted by molar-refractivity contribution is 14.0. The lowest BCUT2D eigenvalue weighted by Gasteiger charge is -2.15. The molecule has 0 saturated carbocycles. The highest BCUT2D eigenvalue weighted by atomic mass is 127. The predicted octanol–water partition coefficient (Wildman–Crippen LogP) is 3.22. The van der Waals surface area contributed by atoms with Gasteiger partial charge in [-0.15, -0.1) is 24.0 Å². The minimum absolute atomic E-state index is 0. The van der Waals surface area contributed by atoms with Crippen LogP contribution >= 0.6 is 24.0 Å². The third kappa shape index (κ3) is 6.39. The van der Waals surface area contributed by atoms with Crippen LogP contribution in [-0.4, -0.2) is 54.1 Å². The first-order valence-electron chi connectivity index (χ1n) is 10.1. The largest absolute Gasteiger partial charge is 0.357 e. The molecule has 2 N–H and O–H groups in total. The summed E-state index contributed by atoms with van der Waals surface area (Å²) in [6.07, 6.45) is 5.82. The van der Waals surface area contributed by atoms with Crippen molar-refractivity contribution in [1.82, 2.24) is 20.1 Å². The van der Waals surface area contributed by atoms with Crippen LogP contribution < -0.4 is 10.6 Å². The van der Waals surface area contributed by atoms with Gasteiger partial charge in [0, 0.05) is 57.4 Å². The Kier molecular flexibility index (Phi) is 9.60. The van der Waals surface area contributed by atoms with Gasteiger partial charge in [-0.25, -0.2) is 0 Å². The molecular formula is C21H32IN5O. The molecule has 7 heteroatoms. The molecule has 0 atom stereocenters. The molecule has 1 aliphatic rings. The maximum absolute atomic E-state index is 11.6. The summed E-state index contributed by atoms with van der Waals surface area (Å²) in [5.74, 6) is 1.16. The van der Waals surface area contributed by atoms with E-state index in [-0.39, 0.29) is 24.0 Å². The molecule has 1 saturated heterocycles. The maximum atomic E-state index is 11.6. The van der Waals surface area contributed by atoms with E-state index in [2.05, 4.69) is 63.6 Å². The first-order chi connectivity index (χ1) is 13.3. The van der Waals surface area contributed by atoms with Gasteiger partial charge in [0.2, 0.25) is 5.91 Å². The van der Waals surface area contributed by atoms with E-state index in [0.29, 0.717) is 12.3 Å². The van der Waals surface area contributed by atoms with E-state index in [1.165, 1.54) is 10.9 Å². The fraction of sp³-hybridized carbons (Fsp3) is 0.524. The number of carbonyl (C=O) groups is 1. The van der Waals surface area contributed by atoms with Gasteiger partial charge in [0.05, 0.1) is 0 Å². The number of para-hydroxylation sites is 1. The Morgan fingerprint density at radius 1 is 1.14 bits per heavy atom. The number of hydrogen-bond donors (Lipinski definition) is 2. The lowest BCUT2D eigenvalue weighted by Crippen LogP contribution is -2.38. The van der Waals surface area contributed by atoms with Gasteiger partial charge < -0.3 is 20.1 Å². The highest BCUT2D eigenvalue weighted by Crippen LogP contribution is 2.15. The van der Waals surface area contributed by atoms with Gasteiger partial charge in [-0.3, -0.25) is 9.79 Å². The van der Waals surface area contributed by atoms with Gasteiger partial charge in [-0.1, -0.05) is 18.2 Å². The third-order valence-corrected chi connectivity index (χ3v) is 4.92. The second-order valence-electron chi connectivity index (χ2n) is 6.95. The van der Waals surface area contributed by atoms with Gasteiger partial charge in [0.1, 0.15) is 0 Å². The molecule has 0 radical (unpaired) electrons. The number of hydrogen-bond acceptors (Lipinski definition) is 2. The zero-order chi connectivity index (χ0) is 18.9. The average molecular weight is 497 g/mol. The summed E-state index contributed by atoms with van der Waals surface area (Å²) < 4.78 is 2.30. The number of carbonyl (C=O) groups excluding carboxylic acids is 1. The molecule has 1 amide bonds. The van der Waals surface area contributed by atoms with E-state index in [0.717, 1.165) is 64.5 Å². The van der Waals surface area contributed by atoms with Crippen LogP contribution in [0.5, 0.6) is 0 Å². The van der Waals surface area contributed by atoms with Crippen molar-refractivity contribution < 1.29 is 4.79 Å². The van der Waals surface area contributed by atoms with Crippen molar-refractivity contribution in [2.45, 2.75) is 39.2 Å². The van der Waals surface area contributed by atoms with Gasteiger partial charge in [-0.2, -0.15) is 0 Å². The molecule has 2 heterocycles. The number of rotatable bonds is 9. The summed E-state index contributed by atoms with van der Waals surface area (Å²) in [4.78, 5) is 18.2. The second kappa shape index (κ2) is 11.9. The normalized spacial score (nSPS) is 14.4. The first-order valence-corrected chi connectivity index (χ1v) is 10.1. The zero-order valence-corrected chi connectivity index (χ0v) is 19.0. The molecule has 3 rings (SSSR count). The number of halogens is 1. The van der Waals surface area contributed by atoms with Gasteiger partial charge in [-0.05, 0) is 43.7 Å². The molecule has 1 fully saturated rings. The molecule has 6 nitrogen and oxygen atoms in total. The molecule has 154 valence electrons. The first kappa shape index (κ1) is 22.5. The number of fused-ring (bicyclic) bond motifs is 1. The van der Waals surface area contributed by atoms with E-state index < -0.39 is 0 Å². The van der Waals surface area contributed by atoms with Crippen molar-refractivity contribution in [3.05, 3.63) is 36.5 Å². The van der Waals surface area contributed by atoms with Crippen LogP contribution in [0.3, 0.4) is 0 Å². The minimum Gasteiger partial charge on any atom is -0.357 e. The number of nitrogens with one attached hydrogen (secondary N) is 2. The summed E-state index contributed by atoms with van der Waals surface area (Å²) >= 11 is 0. The molecule has 28 heavy (non-hydrogen) atoms. The monoisotopic (exact) mass is 497 g/mol. The highest BCUT2D eigenvalue weighted by Gasteiger charge is 2.18. The number of guanidine groups is 1. The molecule has 0 spiro atoms. The maximum Gasteiger partial charge on any atom is 0.222 e. The SMILES string of the molecule is CCNC(=NCCCN1CCCC1=O)NCCCn1ccc2ccccc21.I. The number of nitrogens with zero attached hydrogens (tertiary/aromatic N) is 3. The Morgan fingerprint density at radius 2 is 2.00 bits per heavy atom. The van der Waals surface area contributed by atoms with Crippen molar-refractivity contribution in [1.29, 1.82) is 0 Å². The minimum atomic E-state index is 0. The Morgan fingerprint density at radius 3 is 2.79 bits per heavy atom. The Labute approximate surface area is 184 Å². The summed E-state index contributed by atoms with van der Waals surface area (Å²) in [5.41, 5.74) is 1.29.